The molecular formula is C8H9Cl3N2O2. The van der Waals surface area contributed by atoms with E-state index in [4.69, 9.17) is 10.2 Å². The van der Waals surface area contributed by atoms with E-state index in [1.807, 2.05) is 0 Å². The highest BCUT2D eigenvalue weighted by molar-refractivity contribution is 5.93. The van der Waals surface area contributed by atoms with Gasteiger partial charge in [0.2, 0.25) is 0 Å². The van der Waals surface area contributed by atoms with Crippen LogP contribution in [-0.2, 0) is 0 Å². The van der Waals surface area contributed by atoms with Crippen molar-refractivity contribution in [3.63, 3.8) is 0 Å². The summed E-state index contributed by atoms with van der Waals surface area (Å²) in [4.78, 5) is 14.7. The molecule has 1 amide bonds. The predicted octanol–water partition coefficient (Wildman–Crippen LogP) is 2.19. The van der Waals surface area contributed by atoms with Gasteiger partial charge in [-0.1, -0.05) is 0 Å². The Balaban J connectivity index is 0. The largest absolute Gasteiger partial charge is 0.449 e. The number of aromatic nitrogens is 1. The molecule has 4 nitrogen and oxygen atoms in total. The van der Waals surface area contributed by atoms with Crippen LogP contribution in [0.3, 0.4) is 0 Å². The number of halogens is 3. The van der Waals surface area contributed by atoms with Gasteiger partial charge in [-0.2, -0.15) is 0 Å². The van der Waals surface area contributed by atoms with Crippen molar-refractivity contribution in [1.82, 2.24) is 4.98 Å². The molecule has 15 heavy (non-hydrogen) atoms. The van der Waals surface area contributed by atoms with Crippen molar-refractivity contribution in [2.45, 2.75) is 0 Å². The second-order valence-corrected chi connectivity index (χ2v) is 2.36. The maximum atomic E-state index is 10.7. The summed E-state index contributed by atoms with van der Waals surface area (Å²) in [5, 5.41) is 0. The van der Waals surface area contributed by atoms with Gasteiger partial charge in [-0.3, -0.25) is 9.78 Å². The highest BCUT2D eigenvalue weighted by atomic mass is 35.5. The lowest BCUT2D eigenvalue weighted by molar-refractivity contribution is 0.0976. The molecular weight excluding hydrogens is 262 g/mol. The van der Waals surface area contributed by atoms with Crippen LogP contribution in [0.25, 0.3) is 11.1 Å². The van der Waals surface area contributed by atoms with E-state index in [0.29, 0.717) is 11.1 Å². The number of fused-ring (bicyclic) bond motifs is 1. The van der Waals surface area contributed by atoms with Crippen LogP contribution in [0.2, 0.25) is 0 Å². The lowest BCUT2D eigenvalue weighted by Gasteiger charge is -1.83. The second kappa shape index (κ2) is 6.50. The van der Waals surface area contributed by atoms with Gasteiger partial charge in [0.05, 0.1) is 0 Å². The molecule has 2 N–H and O–H groups in total. The maximum absolute atomic E-state index is 10.7. The van der Waals surface area contributed by atoms with Crippen molar-refractivity contribution in [3.05, 3.63) is 30.2 Å². The average molecular weight is 272 g/mol. The molecule has 0 saturated carbocycles. The molecule has 0 aliphatic rings. The zero-order valence-corrected chi connectivity index (χ0v) is 9.82. The first-order chi connectivity index (χ1) is 5.77. The van der Waals surface area contributed by atoms with Crippen molar-refractivity contribution in [2.24, 2.45) is 5.73 Å². The molecule has 84 valence electrons. The van der Waals surface area contributed by atoms with E-state index < -0.39 is 5.91 Å². The van der Waals surface area contributed by atoms with Crippen molar-refractivity contribution >= 4 is 54.2 Å². The van der Waals surface area contributed by atoms with Crippen LogP contribution < -0.4 is 5.73 Å². The third-order valence-corrected chi connectivity index (χ3v) is 1.53. The van der Waals surface area contributed by atoms with E-state index in [2.05, 4.69) is 4.98 Å². The summed E-state index contributed by atoms with van der Waals surface area (Å²) >= 11 is 0. The number of nitrogens with zero attached hydrogens (tertiary/aromatic N) is 1. The minimum Gasteiger partial charge on any atom is -0.449 e. The van der Waals surface area contributed by atoms with Crippen LogP contribution in [0.4, 0.5) is 0 Å². The molecule has 0 aliphatic carbocycles. The number of primary amides is 1. The normalized spacial score (nSPS) is 8.27. The topological polar surface area (TPSA) is 69.1 Å². The highest BCUT2D eigenvalue weighted by Gasteiger charge is 2.07. The van der Waals surface area contributed by atoms with Gasteiger partial charge in [0, 0.05) is 12.3 Å². The van der Waals surface area contributed by atoms with Gasteiger partial charge in [0.1, 0.15) is 5.52 Å². The van der Waals surface area contributed by atoms with Crippen LogP contribution >= 0.6 is 37.2 Å². The zero-order chi connectivity index (χ0) is 8.55. The number of hydrogen-bond acceptors (Lipinski definition) is 3. The SMILES string of the molecule is Cl.Cl.Cl.NC(=O)c1cc2ncccc2o1. The molecule has 2 rings (SSSR count). The summed E-state index contributed by atoms with van der Waals surface area (Å²) in [7, 11) is 0. The minimum absolute atomic E-state index is 0. The first kappa shape index (κ1) is 16.5. The summed E-state index contributed by atoms with van der Waals surface area (Å²) in [6.07, 6.45) is 1.63. The number of carbonyl (C=O) groups is 1. The van der Waals surface area contributed by atoms with Crippen LogP contribution in [0.15, 0.2) is 28.8 Å². The lowest BCUT2D eigenvalue weighted by atomic mass is 10.4. The van der Waals surface area contributed by atoms with Gasteiger partial charge < -0.3 is 10.2 Å². The standard InChI is InChI=1S/C8H6N2O2.3ClH/c9-8(11)7-4-5-6(12-7)2-1-3-10-5;;;/h1-4H,(H2,9,11);3*1H. The molecule has 0 atom stereocenters. The molecule has 0 saturated heterocycles. The van der Waals surface area contributed by atoms with Gasteiger partial charge in [-0.05, 0) is 12.1 Å². The van der Waals surface area contributed by atoms with E-state index in [-0.39, 0.29) is 43.0 Å². The van der Waals surface area contributed by atoms with Crippen LogP contribution in [-0.4, -0.2) is 10.9 Å². The fraction of sp³-hybridized carbons (Fsp3) is 0. The van der Waals surface area contributed by atoms with Gasteiger partial charge in [0.15, 0.2) is 11.3 Å². The van der Waals surface area contributed by atoms with E-state index in [9.17, 15) is 4.79 Å². The number of furan rings is 1. The monoisotopic (exact) mass is 270 g/mol. The van der Waals surface area contributed by atoms with Crippen molar-refractivity contribution < 1.29 is 9.21 Å². The van der Waals surface area contributed by atoms with Crippen LogP contribution in [0, 0.1) is 0 Å². The molecule has 0 radical (unpaired) electrons. The first-order valence-electron chi connectivity index (χ1n) is 3.42. The molecule has 7 heteroatoms. The van der Waals surface area contributed by atoms with Crippen molar-refractivity contribution in [2.75, 3.05) is 0 Å². The third-order valence-electron chi connectivity index (χ3n) is 1.53. The van der Waals surface area contributed by atoms with E-state index >= 15 is 0 Å². The molecule has 2 aromatic heterocycles. The quantitative estimate of drug-likeness (QED) is 0.864. The molecule has 0 spiro atoms. The van der Waals surface area contributed by atoms with Gasteiger partial charge >= 0.3 is 0 Å². The molecule has 0 unspecified atom stereocenters. The molecule has 2 heterocycles. The average Bonchev–Trinajstić information content (AvgIpc) is 2.46. The van der Waals surface area contributed by atoms with Gasteiger partial charge in [-0.25, -0.2) is 0 Å². The summed E-state index contributed by atoms with van der Waals surface area (Å²) in [6, 6.07) is 4.99. The molecule has 0 fully saturated rings. The molecule has 2 aromatic rings. The Kier molecular flexibility index (Phi) is 7.13. The van der Waals surface area contributed by atoms with Crippen molar-refractivity contribution in [1.29, 1.82) is 0 Å². The number of rotatable bonds is 1. The van der Waals surface area contributed by atoms with Gasteiger partial charge in [-0.15, -0.1) is 37.2 Å². The molecule has 0 aliphatic heterocycles. The van der Waals surface area contributed by atoms with Crippen LogP contribution in [0.1, 0.15) is 10.6 Å². The van der Waals surface area contributed by atoms with Gasteiger partial charge in [0.25, 0.3) is 5.91 Å². The molecule has 0 bridgehead atoms. The third kappa shape index (κ3) is 3.27. The Morgan fingerprint density at radius 2 is 2.00 bits per heavy atom. The smallest absolute Gasteiger partial charge is 0.284 e. The van der Waals surface area contributed by atoms with Crippen molar-refractivity contribution in [3.8, 4) is 0 Å². The van der Waals surface area contributed by atoms with E-state index in [0.717, 1.165) is 0 Å². The zero-order valence-electron chi connectivity index (χ0n) is 7.38. The summed E-state index contributed by atoms with van der Waals surface area (Å²) < 4.78 is 5.09. The lowest BCUT2D eigenvalue weighted by Crippen LogP contribution is -2.08. The maximum Gasteiger partial charge on any atom is 0.284 e. The highest BCUT2D eigenvalue weighted by Crippen LogP contribution is 2.15. The summed E-state index contributed by atoms with van der Waals surface area (Å²) in [6.45, 7) is 0. The second-order valence-electron chi connectivity index (χ2n) is 2.36. The van der Waals surface area contributed by atoms with E-state index in [1.54, 1.807) is 18.3 Å². The summed E-state index contributed by atoms with van der Waals surface area (Å²) in [5.74, 6) is -0.434. The minimum atomic E-state index is -0.576. The fourth-order valence-corrected chi connectivity index (χ4v) is 0.991. The molecule has 0 aromatic carbocycles. The number of amides is 1. The predicted molar refractivity (Wildman–Crippen MR) is 64.3 cm³/mol. The van der Waals surface area contributed by atoms with Crippen LogP contribution in [0.5, 0.6) is 0 Å². The van der Waals surface area contributed by atoms with E-state index in [1.165, 1.54) is 6.07 Å². The summed E-state index contributed by atoms with van der Waals surface area (Å²) in [5.41, 5.74) is 6.24. The Bertz CT molecular complexity index is 411. The Hall–Kier alpha value is -0.970. The first-order valence-corrected chi connectivity index (χ1v) is 3.42. The number of nitrogens with two attached hydrogens (primary N) is 1. The number of hydrogen-bond donors (Lipinski definition) is 1. The Labute approximate surface area is 104 Å². The fourth-order valence-electron chi connectivity index (χ4n) is 0.991. The Morgan fingerprint density at radius 1 is 1.33 bits per heavy atom. The number of carbonyl (C=O) groups excluding carboxylic acids is 1. The Morgan fingerprint density at radius 3 is 2.53 bits per heavy atom. The number of pyridine rings is 1.